The molecule has 1 unspecified atom stereocenters. The monoisotopic (exact) mass is 259 g/mol. The van der Waals surface area contributed by atoms with Crippen LogP contribution in [0, 0.1) is 11.7 Å². The van der Waals surface area contributed by atoms with Crippen LogP contribution in [0.5, 0.6) is 0 Å². The van der Waals surface area contributed by atoms with Crippen LogP contribution in [0.4, 0.5) is 4.39 Å². The Hall–Kier alpha value is -1.08. The lowest BCUT2D eigenvalue weighted by molar-refractivity contribution is 0.403. The molecule has 17 heavy (non-hydrogen) atoms. The van der Waals surface area contributed by atoms with E-state index in [9.17, 15) is 12.8 Å². The van der Waals surface area contributed by atoms with Gasteiger partial charge in [0.25, 0.3) is 0 Å². The molecule has 0 spiro atoms. The molecule has 2 rings (SSSR count). The predicted molar refractivity (Wildman–Crippen MR) is 59.6 cm³/mol. The van der Waals surface area contributed by atoms with Crippen molar-refractivity contribution < 1.29 is 12.8 Å². The number of hydrogen-bond acceptors (Lipinski definition) is 5. The van der Waals surface area contributed by atoms with E-state index in [0.717, 1.165) is 31.8 Å². The molecule has 7 heteroatoms. The van der Waals surface area contributed by atoms with E-state index in [0.29, 0.717) is 6.54 Å². The maximum Gasteiger partial charge on any atom is 0.247 e. The zero-order chi connectivity index (χ0) is 12.3. The second kappa shape index (κ2) is 5.05. The van der Waals surface area contributed by atoms with E-state index in [4.69, 9.17) is 0 Å². The lowest BCUT2D eigenvalue weighted by Gasteiger charge is -2.21. The zero-order valence-electron chi connectivity index (χ0n) is 9.26. The molecule has 1 atom stereocenters. The Morgan fingerprint density at radius 3 is 2.71 bits per heavy atom. The van der Waals surface area contributed by atoms with Gasteiger partial charge in [0, 0.05) is 0 Å². The minimum Gasteiger partial charge on any atom is -0.316 e. The highest BCUT2D eigenvalue weighted by molar-refractivity contribution is 7.91. The number of halogens is 1. The van der Waals surface area contributed by atoms with Gasteiger partial charge < -0.3 is 5.32 Å². The Morgan fingerprint density at radius 1 is 1.41 bits per heavy atom. The van der Waals surface area contributed by atoms with Crippen molar-refractivity contribution in [3.05, 3.63) is 18.2 Å². The topological polar surface area (TPSA) is 72.0 Å². The smallest absolute Gasteiger partial charge is 0.247 e. The summed E-state index contributed by atoms with van der Waals surface area (Å²) < 4.78 is 36.5. The molecule has 0 radical (unpaired) electrons. The summed E-state index contributed by atoms with van der Waals surface area (Å²) in [7, 11) is -3.51. The first-order chi connectivity index (χ1) is 8.08. The first kappa shape index (κ1) is 12.4. The lowest BCUT2D eigenvalue weighted by Crippen LogP contribution is -2.34. The number of sulfone groups is 1. The van der Waals surface area contributed by atoms with Crippen LogP contribution in [0.25, 0.3) is 0 Å². The highest BCUT2D eigenvalue weighted by Gasteiger charge is 2.24. The third-order valence-electron chi connectivity index (χ3n) is 2.73. The average molecular weight is 259 g/mol. The van der Waals surface area contributed by atoms with E-state index in [1.807, 2.05) is 0 Å². The Kier molecular flexibility index (Phi) is 3.68. The molecule has 1 aromatic heterocycles. The van der Waals surface area contributed by atoms with Crippen molar-refractivity contribution in [1.29, 1.82) is 0 Å². The fourth-order valence-corrected chi connectivity index (χ4v) is 3.39. The molecule has 1 N–H and O–H groups in total. The summed E-state index contributed by atoms with van der Waals surface area (Å²) in [6, 6.07) is 0. The summed E-state index contributed by atoms with van der Waals surface area (Å²) >= 11 is 0. The third-order valence-corrected chi connectivity index (χ3v) is 4.41. The summed E-state index contributed by atoms with van der Waals surface area (Å²) in [5.74, 6) is -0.531. The van der Waals surface area contributed by atoms with Gasteiger partial charge in [-0.1, -0.05) is 0 Å². The van der Waals surface area contributed by atoms with Crippen LogP contribution in [0.1, 0.15) is 12.8 Å². The number of nitrogens with zero attached hydrogens (tertiary/aromatic N) is 2. The van der Waals surface area contributed by atoms with Gasteiger partial charge in [-0.05, 0) is 31.8 Å². The molecular weight excluding hydrogens is 245 g/mol. The zero-order valence-corrected chi connectivity index (χ0v) is 10.1. The number of piperidine rings is 1. The maximum atomic E-state index is 12.6. The van der Waals surface area contributed by atoms with Gasteiger partial charge >= 0.3 is 0 Å². The van der Waals surface area contributed by atoms with Crippen molar-refractivity contribution in [3.8, 4) is 0 Å². The molecule has 5 nitrogen and oxygen atoms in total. The van der Waals surface area contributed by atoms with E-state index >= 15 is 0 Å². The van der Waals surface area contributed by atoms with Gasteiger partial charge in [-0.3, -0.25) is 0 Å². The number of hydrogen-bond donors (Lipinski definition) is 1. The van der Waals surface area contributed by atoms with E-state index < -0.39 is 15.7 Å². The second-order valence-corrected chi connectivity index (χ2v) is 6.11. The van der Waals surface area contributed by atoms with E-state index in [2.05, 4.69) is 15.3 Å². The van der Waals surface area contributed by atoms with Crippen LogP contribution in [0.2, 0.25) is 0 Å². The fraction of sp³-hybridized carbons (Fsp3) is 0.600. The molecule has 0 aliphatic carbocycles. The van der Waals surface area contributed by atoms with Crippen molar-refractivity contribution in [2.75, 3.05) is 18.8 Å². The molecular formula is C10H14FN3O2S. The molecule has 2 heterocycles. The van der Waals surface area contributed by atoms with Crippen molar-refractivity contribution >= 4 is 9.84 Å². The van der Waals surface area contributed by atoms with E-state index in [1.54, 1.807) is 0 Å². The number of aromatic nitrogens is 2. The Morgan fingerprint density at radius 2 is 2.12 bits per heavy atom. The van der Waals surface area contributed by atoms with Gasteiger partial charge in [-0.15, -0.1) is 0 Å². The predicted octanol–water partition coefficient (Wildman–Crippen LogP) is 0.389. The lowest BCUT2D eigenvalue weighted by atomic mass is 10.0. The number of rotatable bonds is 3. The minimum atomic E-state index is -3.51. The van der Waals surface area contributed by atoms with Crippen molar-refractivity contribution in [2.24, 2.45) is 5.92 Å². The van der Waals surface area contributed by atoms with Gasteiger partial charge in [-0.2, -0.15) is 0 Å². The summed E-state index contributed by atoms with van der Waals surface area (Å²) in [6.45, 7) is 1.63. The van der Waals surface area contributed by atoms with Crippen molar-refractivity contribution in [3.63, 3.8) is 0 Å². The Balaban J connectivity index is 2.10. The first-order valence-corrected chi connectivity index (χ1v) is 7.14. The van der Waals surface area contributed by atoms with E-state index in [1.165, 1.54) is 0 Å². The van der Waals surface area contributed by atoms with Crippen LogP contribution in [0.15, 0.2) is 17.6 Å². The largest absolute Gasteiger partial charge is 0.316 e. The molecule has 0 saturated carbocycles. The number of nitrogens with one attached hydrogen (secondary N) is 1. The quantitative estimate of drug-likeness (QED) is 0.795. The molecule has 94 valence electrons. The molecule has 0 bridgehead atoms. The van der Waals surface area contributed by atoms with Crippen molar-refractivity contribution in [1.82, 2.24) is 15.3 Å². The third kappa shape index (κ3) is 3.19. The van der Waals surface area contributed by atoms with Crippen molar-refractivity contribution in [2.45, 2.75) is 18.0 Å². The summed E-state index contributed by atoms with van der Waals surface area (Å²) in [6.07, 6.45) is 3.61. The summed E-state index contributed by atoms with van der Waals surface area (Å²) in [5, 5.41) is 2.87. The van der Waals surface area contributed by atoms with Gasteiger partial charge in [-0.25, -0.2) is 22.8 Å². The fourth-order valence-electron chi connectivity index (χ4n) is 1.91. The molecule has 0 aromatic carbocycles. The second-order valence-electron chi connectivity index (χ2n) is 4.18. The minimum absolute atomic E-state index is 0.0195. The van der Waals surface area contributed by atoms with Crippen LogP contribution < -0.4 is 5.32 Å². The van der Waals surface area contributed by atoms with Gasteiger partial charge in [0.1, 0.15) is 0 Å². The Labute approximate surface area is 99.4 Å². The van der Waals surface area contributed by atoms with Gasteiger partial charge in [0.05, 0.1) is 18.1 Å². The van der Waals surface area contributed by atoms with E-state index in [-0.39, 0.29) is 16.8 Å². The SMILES string of the molecule is O=S(=O)(CC1CCCNC1)c1ncc(F)cn1. The van der Waals surface area contributed by atoms with Crippen LogP contribution in [0.3, 0.4) is 0 Å². The first-order valence-electron chi connectivity index (χ1n) is 5.49. The van der Waals surface area contributed by atoms with Gasteiger partial charge in [0.2, 0.25) is 15.0 Å². The van der Waals surface area contributed by atoms with Crippen LogP contribution in [-0.2, 0) is 9.84 Å². The van der Waals surface area contributed by atoms with Gasteiger partial charge in [0.15, 0.2) is 5.82 Å². The molecule has 1 aromatic rings. The molecule has 1 aliphatic rings. The molecule has 1 saturated heterocycles. The summed E-state index contributed by atoms with van der Waals surface area (Å²) in [5.41, 5.74) is 0. The molecule has 1 aliphatic heterocycles. The maximum absolute atomic E-state index is 12.6. The Bertz CT molecular complexity index is 469. The average Bonchev–Trinajstić information content (AvgIpc) is 2.30. The summed E-state index contributed by atoms with van der Waals surface area (Å²) in [4.78, 5) is 7.04. The normalized spacial score (nSPS) is 21.4. The highest BCUT2D eigenvalue weighted by atomic mass is 32.2. The highest BCUT2D eigenvalue weighted by Crippen LogP contribution is 2.15. The molecule has 0 amide bonds. The molecule has 1 fully saturated rings. The standard InChI is InChI=1S/C10H14FN3O2S/c11-9-5-13-10(14-6-9)17(15,16)7-8-2-1-3-12-4-8/h5-6,8,12H,1-4,7H2. The van der Waals surface area contributed by atoms with Crippen LogP contribution >= 0.6 is 0 Å². The van der Waals surface area contributed by atoms with Crippen LogP contribution in [-0.4, -0.2) is 37.2 Å².